The van der Waals surface area contributed by atoms with E-state index in [-0.39, 0.29) is 5.91 Å². The molecule has 0 aliphatic carbocycles. The summed E-state index contributed by atoms with van der Waals surface area (Å²) < 4.78 is 1.68. The molecule has 3 heterocycles. The summed E-state index contributed by atoms with van der Waals surface area (Å²) in [5.41, 5.74) is 1.75. The summed E-state index contributed by atoms with van der Waals surface area (Å²) in [4.78, 5) is 18.9. The van der Waals surface area contributed by atoms with Gasteiger partial charge in [-0.15, -0.1) is 10.2 Å². The fraction of sp³-hybridized carbons (Fsp3) is 0.300. The van der Waals surface area contributed by atoms with Crippen LogP contribution in [-0.4, -0.2) is 71.1 Å². The van der Waals surface area contributed by atoms with Crippen molar-refractivity contribution in [2.45, 2.75) is 0 Å². The van der Waals surface area contributed by atoms with Crippen LogP contribution >= 0.6 is 0 Å². The molecule has 1 amide bonds. The Labute approximate surface area is 164 Å². The van der Waals surface area contributed by atoms with Crippen molar-refractivity contribution in [2.75, 3.05) is 50.1 Å². The van der Waals surface area contributed by atoms with Crippen molar-refractivity contribution in [3.63, 3.8) is 0 Å². The molecule has 2 aromatic heterocycles. The lowest BCUT2D eigenvalue weighted by molar-refractivity contribution is 0.0746. The molecule has 0 atom stereocenters. The summed E-state index contributed by atoms with van der Waals surface area (Å²) >= 11 is 0. The number of piperazine rings is 1. The lowest BCUT2D eigenvalue weighted by Crippen LogP contribution is -2.49. The maximum Gasteiger partial charge on any atom is 0.254 e. The number of nitrogens with zero attached hydrogens (tertiary/aromatic N) is 7. The molecule has 1 saturated heterocycles. The van der Waals surface area contributed by atoms with Crippen LogP contribution in [0.25, 0.3) is 5.82 Å². The molecule has 1 aromatic carbocycles. The molecular weight excluding hydrogens is 354 g/mol. The Morgan fingerprint density at radius 2 is 1.71 bits per heavy atom. The highest BCUT2D eigenvalue weighted by Crippen LogP contribution is 2.18. The van der Waals surface area contributed by atoms with Crippen molar-refractivity contribution >= 4 is 17.4 Å². The van der Waals surface area contributed by atoms with Crippen molar-refractivity contribution in [1.82, 2.24) is 24.9 Å². The molecular formula is C20H23N7O. The number of carbonyl (C=O) groups is 1. The highest BCUT2D eigenvalue weighted by molar-refractivity contribution is 5.95. The van der Waals surface area contributed by atoms with E-state index in [9.17, 15) is 4.79 Å². The molecule has 0 unspecified atom stereocenters. The van der Waals surface area contributed by atoms with Gasteiger partial charge in [0.15, 0.2) is 11.6 Å². The van der Waals surface area contributed by atoms with Crippen LogP contribution in [0.3, 0.4) is 0 Å². The fourth-order valence-corrected chi connectivity index (χ4v) is 3.25. The van der Waals surface area contributed by atoms with Crippen molar-refractivity contribution in [3.8, 4) is 5.82 Å². The van der Waals surface area contributed by atoms with Crippen molar-refractivity contribution in [3.05, 3.63) is 60.4 Å². The minimum atomic E-state index is 0.0727. The van der Waals surface area contributed by atoms with Crippen LogP contribution in [0, 0.1) is 0 Å². The molecule has 1 fully saturated rings. The first kappa shape index (κ1) is 18.0. The highest BCUT2D eigenvalue weighted by Gasteiger charge is 2.23. The highest BCUT2D eigenvalue weighted by atomic mass is 16.2. The van der Waals surface area contributed by atoms with Crippen LogP contribution in [0.1, 0.15) is 10.4 Å². The van der Waals surface area contributed by atoms with Gasteiger partial charge in [-0.3, -0.25) is 4.79 Å². The summed E-state index contributed by atoms with van der Waals surface area (Å²) in [6.45, 7) is 2.78. The predicted octanol–water partition coefficient (Wildman–Crippen LogP) is 1.69. The van der Waals surface area contributed by atoms with Crippen LogP contribution in [0.4, 0.5) is 11.5 Å². The third-order valence-corrected chi connectivity index (χ3v) is 4.88. The lowest BCUT2D eigenvalue weighted by Gasteiger charge is -2.35. The van der Waals surface area contributed by atoms with Crippen LogP contribution in [0.5, 0.6) is 0 Å². The molecule has 0 spiro atoms. The standard InChI is InChI=1S/C20H23N7O/c1-24(2)17-6-3-5-16(15-17)20(28)26-13-11-25(12-14-26)18-7-8-19(23-22-18)27-10-4-9-21-27/h3-10,15H,11-14H2,1-2H3. The molecule has 8 heteroatoms. The second-order valence-electron chi connectivity index (χ2n) is 6.92. The Balaban J connectivity index is 1.39. The summed E-state index contributed by atoms with van der Waals surface area (Å²) in [6.07, 6.45) is 3.54. The van der Waals surface area contributed by atoms with Gasteiger partial charge in [0.2, 0.25) is 0 Å². The Hall–Kier alpha value is -3.42. The monoisotopic (exact) mass is 377 g/mol. The van der Waals surface area contributed by atoms with Gasteiger partial charge in [-0.05, 0) is 36.4 Å². The minimum Gasteiger partial charge on any atom is -0.378 e. The molecule has 0 N–H and O–H groups in total. The van der Waals surface area contributed by atoms with E-state index < -0.39 is 0 Å². The molecule has 3 aromatic rings. The van der Waals surface area contributed by atoms with Crippen molar-refractivity contribution < 1.29 is 4.79 Å². The SMILES string of the molecule is CN(C)c1cccc(C(=O)N2CCN(c3ccc(-n4cccn4)nn3)CC2)c1. The average Bonchev–Trinajstić information content (AvgIpc) is 3.28. The topological polar surface area (TPSA) is 70.4 Å². The zero-order chi connectivity index (χ0) is 19.5. The number of carbonyl (C=O) groups excluding carboxylic acids is 1. The normalized spacial score (nSPS) is 14.2. The summed E-state index contributed by atoms with van der Waals surface area (Å²) in [6, 6.07) is 13.4. The molecule has 0 radical (unpaired) electrons. The lowest BCUT2D eigenvalue weighted by atomic mass is 10.1. The smallest absolute Gasteiger partial charge is 0.254 e. The van der Waals surface area contributed by atoms with E-state index in [1.807, 2.05) is 72.6 Å². The number of aromatic nitrogens is 4. The third-order valence-electron chi connectivity index (χ3n) is 4.88. The fourth-order valence-electron chi connectivity index (χ4n) is 3.25. The minimum absolute atomic E-state index is 0.0727. The molecule has 0 bridgehead atoms. The molecule has 1 aliphatic heterocycles. The zero-order valence-electron chi connectivity index (χ0n) is 16.1. The van der Waals surface area contributed by atoms with E-state index in [1.54, 1.807) is 10.9 Å². The van der Waals surface area contributed by atoms with Gasteiger partial charge in [-0.25, -0.2) is 4.68 Å². The van der Waals surface area contributed by atoms with Gasteiger partial charge >= 0.3 is 0 Å². The quantitative estimate of drug-likeness (QED) is 0.689. The van der Waals surface area contributed by atoms with Gasteiger partial charge in [0.25, 0.3) is 5.91 Å². The largest absolute Gasteiger partial charge is 0.378 e. The predicted molar refractivity (Wildman–Crippen MR) is 108 cm³/mol. The van der Waals surface area contributed by atoms with E-state index in [4.69, 9.17) is 0 Å². The molecule has 144 valence electrons. The van der Waals surface area contributed by atoms with Gasteiger partial charge in [0.1, 0.15) is 0 Å². The number of hydrogen-bond acceptors (Lipinski definition) is 6. The zero-order valence-corrected chi connectivity index (χ0v) is 16.1. The average molecular weight is 377 g/mol. The van der Waals surface area contributed by atoms with Gasteiger partial charge in [-0.2, -0.15) is 5.10 Å². The number of anilines is 2. The van der Waals surface area contributed by atoms with Crippen LogP contribution < -0.4 is 9.80 Å². The first-order valence-corrected chi connectivity index (χ1v) is 9.27. The van der Waals surface area contributed by atoms with Crippen molar-refractivity contribution in [2.24, 2.45) is 0 Å². The van der Waals surface area contributed by atoms with E-state index in [0.717, 1.165) is 30.2 Å². The summed E-state index contributed by atoms with van der Waals surface area (Å²) in [5.74, 6) is 1.57. The van der Waals surface area contributed by atoms with Crippen LogP contribution in [-0.2, 0) is 0 Å². The third kappa shape index (κ3) is 3.66. The number of hydrogen-bond donors (Lipinski definition) is 0. The summed E-state index contributed by atoms with van der Waals surface area (Å²) in [7, 11) is 3.95. The van der Waals surface area contributed by atoms with E-state index >= 15 is 0 Å². The van der Waals surface area contributed by atoms with Crippen molar-refractivity contribution in [1.29, 1.82) is 0 Å². The first-order valence-electron chi connectivity index (χ1n) is 9.27. The van der Waals surface area contributed by atoms with Gasteiger partial charge in [0, 0.05) is 63.9 Å². The second-order valence-corrected chi connectivity index (χ2v) is 6.92. The number of amides is 1. The van der Waals surface area contributed by atoms with Crippen LogP contribution in [0.2, 0.25) is 0 Å². The first-order chi connectivity index (χ1) is 13.6. The maximum absolute atomic E-state index is 12.8. The molecule has 4 rings (SSSR count). The van der Waals surface area contributed by atoms with E-state index in [2.05, 4.69) is 20.2 Å². The van der Waals surface area contributed by atoms with Gasteiger partial charge < -0.3 is 14.7 Å². The van der Waals surface area contributed by atoms with Gasteiger partial charge in [0.05, 0.1) is 0 Å². The van der Waals surface area contributed by atoms with E-state index in [1.165, 1.54) is 0 Å². The Morgan fingerprint density at radius 1 is 0.964 bits per heavy atom. The van der Waals surface area contributed by atoms with Gasteiger partial charge in [-0.1, -0.05) is 6.07 Å². The number of rotatable bonds is 4. The molecule has 8 nitrogen and oxygen atoms in total. The Kier molecular flexibility index (Phi) is 4.92. The molecule has 28 heavy (non-hydrogen) atoms. The summed E-state index contributed by atoms with van der Waals surface area (Å²) in [5, 5.41) is 12.7. The maximum atomic E-state index is 12.8. The van der Waals surface area contributed by atoms with E-state index in [0.29, 0.717) is 18.9 Å². The number of benzene rings is 1. The van der Waals surface area contributed by atoms with Crippen LogP contribution in [0.15, 0.2) is 54.9 Å². The molecule has 1 aliphatic rings. The Bertz CT molecular complexity index is 929. The second kappa shape index (κ2) is 7.67. The Morgan fingerprint density at radius 3 is 2.36 bits per heavy atom. The molecule has 0 saturated carbocycles.